The number of hydrogen-bond acceptors (Lipinski definition) is 5. The number of pyridine rings is 1. The highest BCUT2D eigenvalue weighted by Gasteiger charge is 2.16. The molecule has 1 aromatic heterocycles. The molecule has 5 heteroatoms. The number of aryl methyl sites for hydroxylation is 1. The molecule has 1 aliphatic heterocycles. The van der Waals surface area contributed by atoms with Crippen LogP contribution in [0.2, 0.25) is 0 Å². The molecule has 0 aliphatic carbocycles. The molecule has 5 nitrogen and oxygen atoms in total. The zero-order valence-electron chi connectivity index (χ0n) is 11.0. The minimum Gasteiger partial charge on any atom is -0.411 e. The van der Waals surface area contributed by atoms with E-state index in [2.05, 4.69) is 26.9 Å². The summed E-state index contributed by atoms with van der Waals surface area (Å²) in [4.78, 5) is 9.32. The Balaban J connectivity index is 2.08. The summed E-state index contributed by atoms with van der Waals surface area (Å²) in [5, 5.41) is 11.6. The van der Waals surface area contributed by atoms with Crippen LogP contribution in [-0.4, -0.2) is 54.0 Å². The van der Waals surface area contributed by atoms with Gasteiger partial charge in [-0.2, -0.15) is 0 Å². The fourth-order valence-corrected chi connectivity index (χ4v) is 2.23. The van der Waals surface area contributed by atoms with Crippen LogP contribution in [0.25, 0.3) is 0 Å². The van der Waals surface area contributed by atoms with Crippen LogP contribution in [0.4, 0.5) is 5.82 Å². The number of oxime groups is 1. The SMILES string of the molecule is CCN1CCN(c2ccc(/C=N\O)c(C)n2)CC1. The molecular formula is C13H20N4O. The molecule has 0 atom stereocenters. The summed E-state index contributed by atoms with van der Waals surface area (Å²) in [6, 6.07) is 3.94. The van der Waals surface area contributed by atoms with Crippen molar-refractivity contribution in [2.45, 2.75) is 13.8 Å². The van der Waals surface area contributed by atoms with Gasteiger partial charge in [0, 0.05) is 37.4 Å². The van der Waals surface area contributed by atoms with Gasteiger partial charge in [0.1, 0.15) is 5.82 Å². The molecule has 0 saturated carbocycles. The quantitative estimate of drug-likeness (QED) is 0.498. The Labute approximate surface area is 108 Å². The van der Waals surface area contributed by atoms with E-state index in [0.717, 1.165) is 49.8 Å². The molecule has 1 fully saturated rings. The van der Waals surface area contributed by atoms with Crippen LogP contribution >= 0.6 is 0 Å². The maximum Gasteiger partial charge on any atom is 0.128 e. The number of anilines is 1. The molecule has 0 aromatic carbocycles. The molecule has 0 spiro atoms. The largest absolute Gasteiger partial charge is 0.411 e. The maximum absolute atomic E-state index is 8.54. The van der Waals surface area contributed by atoms with Gasteiger partial charge in [-0.1, -0.05) is 12.1 Å². The minimum absolute atomic E-state index is 0.855. The third-order valence-corrected chi connectivity index (χ3v) is 3.45. The van der Waals surface area contributed by atoms with Gasteiger partial charge in [0.05, 0.1) is 6.21 Å². The average molecular weight is 248 g/mol. The number of nitrogens with zero attached hydrogens (tertiary/aromatic N) is 4. The van der Waals surface area contributed by atoms with Crippen LogP contribution in [0, 0.1) is 6.92 Å². The first-order valence-corrected chi connectivity index (χ1v) is 6.37. The van der Waals surface area contributed by atoms with Crippen LogP contribution in [0.1, 0.15) is 18.2 Å². The van der Waals surface area contributed by atoms with Gasteiger partial charge in [-0.25, -0.2) is 4.98 Å². The van der Waals surface area contributed by atoms with Gasteiger partial charge >= 0.3 is 0 Å². The van der Waals surface area contributed by atoms with Gasteiger partial charge < -0.3 is 15.0 Å². The summed E-state index contributed by atoms with van der Waals surface area (Å²) in [5.41, 5.74) is 1.75. The van der Waals surface area contributed by atoms with Crippen molar-refractivity contribution in [2.24, 2.45) is 5.16 Å². The summed E-state index contributed by atoms with van der Waals surface area (Å²) in [6.45, 7) is 9.48. The van der Waals surface area contributed by atoms with E-state index < -0.39 is 0 Å². The van der Waals surface area contributed by atoms with Crippen LogP contribution in [0.5, 0.6) is 0 Å². The Kier molecular flexibility index (Phi) is 4.15. The van der Waals surface area contributed by atoms with Crippen LogP contribution in [0.15, 0.2) is 17.3 Å². The van der Waals surface area contributed by atoms with Crippen molar-refractivity contribution in [1.82, 2.24) is 9.88 Å². The minimum atomic E-state index is 0.855. The lowest BCUT2D eigenvalue weighted by atomic mass is 10.2. The zero-order valence-corrected chi connectivity index (χ0v) is 11.0. The highest BCUT2D eigenvalue weighted by atomic mass is 16.4. The zero-order chi connectivity index (χ0) is 13.0. The van der Waals surface area contributed by atoms with Crippen LogP contribution in [-0.2, 0) is 0 Å². The first-order valence-electron chi connectivity index (χ1n) is 6.37. The highest BCUT2D eigenvalue weighted by Crippen LogP contribution is 2.15. The predicted molar refractivity (Wildman–Crippen MR) is 72.7 cm³/mol. The molecule has 1 aromatic rings. The van der Waals surface area contributed by atoms with E-state index in [9.17, 15) is 0 Å². The molecule has 2 heterocycles. The second-order valence-electron chi connectivity index (χ2n) is 4.51. The van der Waals surface area contributed by atoms with Gasteiger partial charge in [0.15, 0.2) is 0 Å². The summed E-state index contributed by atoms with van der Waals surface area (Å²) in [7, 11) is 0. The van der Waals surface area contributed by atoms with Gasteiger partial charge in [0.2, 0.25) is 0 Å². The van der Waals surface area contributed by atoms with E-state index in [1.807, 2.05) is 19.1 Å². The second kappa shape index (κ2) is 5.82. The lowest BCUT2D eigenvalue weighted by molar-refractivity contribution is 0.270. The first kappa shape index (κ1) is 12.8. The maximum atomic E-state index is 8.54. The fourth-order valence-electron chi connectivity index (χ4n) is 2.23. The Morgan fingerprint density at radius 2 is 2.06 bits per heavy atom. The standard InChI is InChI=1S/C13H20N4O/c1-3-16-6-8-17(9-7-16)13-5-4-12(10-14-18)11(2)15-13/h4-5,10,18H,3,6-9H2,1-2H3/b14-10-. The van der Waals surface area contributed by atoms with E-state index in [1.54, 1.807) is 0 Å². The van der Waals surface area contributed by atoms with E-state index in [4.69, 9.17) is 5.21 Å². The van der Waals surface area contributed by atoms with Crippen molar-refractivity contribution in [3.05, 3.63) is 23.4 Å². The number of piperazine rings is 1. The van der Waals surface area contributed by atoms with Crippen LogP contribution < -0.4 is 4.90 Å². The molecule has 1 N–H and O–H groups in total. The summed E-state index contributed by atoms with van der Waals surface area (Å²) < 4.78 is 0. The Hall–Kier alpha value is -1.62. The molecule has 1 aliphatic rings. The van der Waals surface area contributed by atoms with Gasteiger partial charge in [-0.3, -0.25) is 0 Å². The van der Waals surface area contributed by atoms with Crippen molar-refractivity contribution in [1.29, 1.82) is 0 Å². The van der Waals surface area contributed by atoms with Crippen molar-refractivity contribution in [2.75, 3.05) is 37.6 Å². The number of hydrogen-bond donors (Lipinski definition) is 1. The van der Waals surface area contributed by atoms with E-state index in [1.165, 1.54) is 6.21 Å². The van der Waals surface area contributed by atoms with E-state index in [0.29, 0.717) is 0 Å². The Morgan fingerprint density at radius 1 is 1.33 bits per heavy atom. The van der Waals surface area contributed by atoms with Crippen molar-refractivity contribution >= 4 is 12.0 Å². The van der Waals surface area contributed by atoms with E-state index >= 15 is 0 Å². The molecule has 0 unspecified atom stereocenters. The predicted octanol–water partition coefficient (Wildman–Crippen LogP) is 1.34. The van der Waals surface area contributed by atoms with Gasteiger partial charge in [-0.15, -0.1) is 0 Å². The van der Waals surface area contributed by atoms with Crippen molar-refractivity contribution in [3.63, 3.8) is 0 Å². The number of aromatic nitrogens is 1. The van der Waals surface area contributed by atoms with Gasteiger partial charge in [0.25, 0.3) is 0 Å². The van der Waals surface area contributed by atoms with Crippen molar-refractivity contribution in [3.8, 4) is 0 Å². The molecule has 2 rings (SSSR count). The molecule has 98 valence electrons. The molecule has 0 amide bonds. The topological polar surface area (TPSA) is 52.0 Å². The number of rotatable bonds is 3. The average Bonchev–Trinajstić information content (AvgIpc) is 2.41. The van der Waals surface area contributed by atoms with Crippen molar-refractivity contribution < 1.29 is 5.21 Å². The fraction of sp³-hybridized carbons (Fsp3) is 0.538. The molecule has 18 heavy (non-hydrogen) atoms. The van der Waals surface area contributed by atoms with Gasteiger partial charge in [-0.05, 0) is 25.6 Å². The lowest BCUT2D eigenvalue weighted by Gasteiger charge is -2.34. The third kappa shape index (κ3) is 2.79. The normalized spacial score (nSPS) is 17.6. The highest BCUT2D eigenvalue weighted by molar-refractivity contribution is 5.80. The Bertz CT molecular complexity index is 425. The van der Waals surface area contributed by atoms with E-state index in [-0.39, 0.29) is 0 Å². The molecule has 0 bridgehead atoms. The smallest absolute Gasteiger partial charge is 0.128 e. The van der Waals surface area contributed by atoms with Crippen LogP contribution in [0.3, 0.4) is 0 Å². The third-order valence-electron chi connectivity index (χ3n) is 3.45. The Morgan fingerprint density at radius 3 is 2.61 bits per heavy atom. The molecule has 0 radical (unpaired) electrons. The second-order valence-corrected chi connectivity index (χ2v) is 4.51. The monoisotopic (exact) mass is 248 g/mol. The summed E-state index contributed by atoms with van der Waals surface area (Å²) in [5.74, 6) is 1.01. The molecule has 1 saturated heterocycles. The lowest BCUT2D eigenvalue weighted by Crippen LogP contribution is -2.46. The summed E-state index contributed by atoms with van der Waals surface area (Å²) in [6.07, 6.45) is 1.42. The summed E-state index contributed by atoms with van der Waals surface area (Å²) >= 11 is 0. The molecular weight excluding hydrogens is 228 g/mol. The first-order chi connectivity index (χ1) is 8.74. The number of likely N-dealkylation sites (N-methyl/N-ethyl adjacent to an activating group) is 1.